The maximum atomic E-state index is 11.0. The van der Waals surface area contributed by atoms with Gasteiger partial charge in [0, 0.05) is 0 Å². The molecule has 3 nitrogen and oxygen atoms in total. The Morgan fingerprint density at radius 1 is 1.50 bits per heavy atom. The van der Waals surface area contributed by atoms with Crippen molar-refractivity contribution < 1.29 is 9.53 Å². The maximum Gasteiger partial charge on any atom is 0.348 e. The van der Waals surface area contributed by atoms with E-state index in [0.717, 1.165) is 25.7 Å². The fourth-order valence-electron chi connectivity index (χ4n) is 1.27. The molecule has 12 heavy (non-hydrogen) atoms. The molecule has 0 N–H and O–H groups in total. The lowest BCUT2D eigenvalue weighted by Gasteiger charge is -2.09. The van der Waals surface area contributed by atoms with E-state index in [-0.39, 0.29) is 11.7 Å². The summed E-state index contributed by atoms with van der Waals surface area (Å²) in [7, 11) is 0. The minimum absolute atomic E-state index is 0.0163. The molecule has 1 aliphatic carbocycles. The smallest absolute Gasteiger partial charge is 0.348 e. The van der Waals surface area contributed by atoms with Crippen LogP contribution in [0.25, 0.3) is 0 Å². The van der Waals surface area contributed by atoms with Gasteiger partial charge in [0.15, 0.2) is 0 Å². The molecule has 0 aromatic heterocycles. The Balaban J connectivity index is 2.36. The second-order valence-corrected chi connectivity index (χ2v) is 2.90. The normalized spacial score (nSPS) is 16.9. The van der Waals surface area contributed by atoms with Gasteiger partial charge in [-0.05, 0) is 25.7 Å². The van der Waals surface area contributed by atoms with Gasteiger partial charge in [-0.3, -0.25) is 0 Å². The average molecular weight is 165 g/mol. The highest BCUT2D eigenvalue weighted by Crippen LogP contribution is 2.21. The summed E-state index contributed by atoms with van der Waals surface area (Å²) in [5.74, 6) is -0.565. The summed E-state index contributed by atoms with van der Waals surface area (Å²) in [4.78, 5) is 11.0. The van der Waals surface area contributed by atoms with Gasteiger partial charge in [-0.15, -0.1) is 0 Å². The summed E-state index contributed by atoms with van der Waals surface area (Å²) >= 11 is 0. The van der Waals surface area contributed by atoms with Crippen molar-refractivity contribution >= 4 is 5.97 Å². The average Bonchev–Trinajstić information content (AvgIpc) is 2.55. The molecule has 1 aliphatic rings. The van der Waals surface area contributed by atoms with Gasteiger partial charge in [0.1, 0.15) is 17.7 Å². The van der Waals surface area contributed by atoms with Crippen molar-refractivity contribution in [2.45, 2.75) is 31.8 Å². The number of rotatable bonds is 2. The quantitative estimate of drug-likeness (QED) is 0.354. The van der Waals surface area contributed by atoms with Crippen molar-refractivity contribution in [2.75, 3.05) is 0 Å². The molecule has 64 valence electrons. The van der Waals surface area contributed by atoms with E-state index in [0.29, 0.717) is 0 Å². The van der Waals surface area contributed by atoms with Crippen LogP contribution in [0.15, 0.2) is 12.2 Å². The predicted octanol–water partition coefficient (Wildman–Crippen LogP) is 1.55. The van der Waals surface area contributed by atoms with E-state index < -0.39 is 5.97 Å². The van der Waals surface area contributed by atoms with Gasteiger partial charge in [0.2, 0.25) is 0 Å². The molecule has 0 aromatic carbocycles. The summed E-state index contributed by atoms with van der Waals surface area (Å²) in [5.41, 5.74) is -0.109. The zero-order chi connectivity index (χ0) is 8.97. The second kappa shape index (κ2) is 3.91. The molecule has 1 saturated carbocycles. The number of nitriles is 1. The van der Waals surface area contributed by atoms with Gasteiger partial charge in [-0.25, -0.2) is 4.79 Å². The van der Waals surface area contributed by atoms with E-state index in [9.17, 15) is 4.79 Å². The Hall–Kier alpha value is -1.30. The molecule has 0 spiro atoms. The molecule has 0 aromatic rings. The fraction of sp³-hybridized carbons (Fsp3) is 0.556. The van der Waals surface area contributed by atoms with Crippen LogP contribution in [0.2, 0.25) is 0 Å². The topological polar surface area (TPSA) is 50.1 Å². The molecule has 0 atom stereocenters. The molecule has 0 bridgehead atoms. The van der Waals surface area contributed by atoms with Crippen LogP contribution in [0.4, 0.5) is 0 Å². The molecule has 0 amide bonds. The van der Waals surface area contributed by atoms with Gasteiger partial charge >= 0.3 is 5.97 Å². The molecule has 1 fully saturated rings. The summed E-state index contributed by atoms with van der Waals surface area (Å²) in [5, 5.41) is 8.33. The molecule has 3 heteroatoms. The lowest BCUT2D eigenvalue weighted by Crippen LogP contribution is -2.15. The number of carbonyl (C=O) groups is 1. The summed E-state index contributed by atoms with van der Waals surface area (Å²) < 4.78 is 5.00. The third-order valence-corrected chi connectivity index (χ3v) is 1.96. The van der Waals surface area contributed by atoms with E-state index in [4.69, 9.17) is 10.00 Å². The van der Waals surface area contributed by atoms with Gasteiger partial charge < -0.3 is 4.74 Å². The Kier molecular flexibility index (Phi) is 2.87. The van der Waals surface area contributed by atoms with Crippen LogP contribution >= 0.6 is 0 Å². The first kappa shape index (κ1) is 8.79. The van der Waals surface area contributed by atoms with E-state index in [2.05, 4.69) is 6.58 Å². The fourth-order valence-corrected chi connectivity index (χ4v) is 1.27. The highest BCUT2D eigenvalue weighted by molar-refractivity contribution is 5.92. The number of carbonyl (C=O) groups excluding carboxylic acids is 1. The van der Waals surface area contributed by atoms with Crippen molar-refractivity contribution in [2.24, 2.45) is 0 Å². The molecule has 1 rings (SSSR count). The lowest BCUT2D eigenvalue weighted by atomic mass is 10.3. The number of nitrogens with zero attached hydrogens (tertiary/aromatic N) is 1. The van der Waals surface area contributed by atoms with E-state index >= 15 is 0 Å². The summed E-state index contributed by atoms with van der Waals surface area (Å²) in [6.07, 6.45) is 4.07. The zero-order valence-electron chi connectivity index (χ0n) is 6.88. The van der Waals surface area contributed by atoms with Gasteiger partial charge in [0.25, 0.3) is 0 Å². The van der Waals surface area contributed by atoms with Crippen LogP contribution in [-0.4, -0.2) is 12.1 Å². The monoisotopic (exact) mass is 165 g/mol. The molecular weight excluding hydrogens is 154 g/mol. The van der Waals surface area contributed by atoms with Gasteiger partial charge in [-0.1, -0.05) is 6.58 Å². The van der Waals surface area contributed by atoms with Crippen LogP contribution in [0.5, 0.6) is 0 Å². The first-order chi connectivity index (χ1) is 5.74. The molecule has 0 saturated heterocycles. The molecule has 0 radical (unpaired) electrons. The van der Waals surface area contributed by atoms with Crippen LogP contribution in [0.3, 0.4) is 0 Å². The second-order valence-electron chi connectivity index (χ2n) is 2.90. The SMILES string of the molecule is C=C(C#N)C(=O)OC1CCCC1. The summed E-state index contributed by atoms with van der Waals surface area (Å²) in [6.45, 7) is 3.28. The van der Waals surface area contributed by atoms with Crippen LogP contribution in [-0.2, 0) is 9.53 Å². The Bertz CT molecular complexity index is 233. The predicted molar refractivity (Wildman–Crippen MR) is 43.1 cm³/mol. The van der Waals surface area contributed by atoms with Gasteiger partial charge in [-0.2, -0.15) is 5.26 Å². The van der Waals surface area contributed by atoms with E-state index in [1.165, 1.54) is 0 Å². The number of hydrogen-bond donors (Lipinski definition) is 0. The van der Waals surface area contributed by atoms with Crippen molar-refractivity contribution in [3.63, 3.8) is 0 Å². The van der Waals surface area contributed by atoms with Crippen LogP contribution < -0.4 is 0 Å². The summed E-state index contributed by atoms with van der Waals surface area (Å²) in [6, 6.07) is 1.67. The molecular formula is C9H11NO2. The van der Waals surface area contributed by atoms with Crippen molar-refractivity contribution in [1.29, 1.82) is 5.26 Å². The van der Waals surface area contributed by atoms with Crippen molar-refractivity contribution in [3.8, 4) is 6.07 Å². The van der Waals surface area contributed by atoms with Gasteiger partial charge in [0.05, 0.1) is 0 Å². The molecule has 0 heterocycles. The highest BCUT2D eigenvalue weighted by Gasteiger charge is 2.20. The van der Waals surface area contributed by atoms with Crippen molar-refractivity contribution in [1.82, 2.24) is 0 Å². The standard InChI is InChI=1S/C9H11NO2/c1-7(6-10)9(11)12-8-4-2-3-5-8/h8H,1-5H2. The third kappa shape index (κ3) is 2.09. The van der Waals surface area contributed by atoms with E-state index in [1.807, 2.05) is 0 Å². The molecule has 0 aliphatic heterocycles. The van der Waals surface area contributed by atoms with Crippen molar-refractivity contribution in [3.05, 3.63) is 12.2 Å². The minimum Gasteiger partial charge on any atom is -0.458 e. The molecule has 0 unspecified atom stereocenters. The van der Waals surface area contributed by atoms with Crippen LogP contribution in [0, 0.1) is 11.3 Å². The Labute approximate surface area is 71.6 Å². The number of ether oxygens (including phenoxy) is 1. The Morgan fingerprint density at radius 2 is 2.08 bits per heavy atom. The first-order valence-electron chi connectivity index (χ1n) is 4.04. The minimum atomic E-state index is -0.565. The van der Waals surface area contributed by atoms with Crippen LogP contribution in [0.1, 0.15) is 25.7 Å². The third-order valence-electron chi connectivity index (χ3n) is 1.96. The van der Waals surface area contributed by atoms with E-state index in [1.54, 1.807) is 6.07 Å². The first-order valence-corrected chi connectivity index (χ1v) is 4.04. The highest BCUT2D eigenvalue weighted by atomic mass is 16.5. The number of hydrogen-bond acceptors (Lipinski definition) is 3. The Morgan fingerprint density at radius 3 is 2.58 bits per heavy atom. The number of esters is 1. The largest absolute Gasteiger partial charge is 0.458 e. The maximum absolute atomic E-state index is 11.0. The lowest BCUT2D eigenvalue weighted by molar-refractivity contribution is -0.143. The zero-order valence-corrected chi connectivity index (χ0v) is 6.88.